The van der Waals surface area contributed by atoms with Gasteiger partial charge in [0, 0.05) is 12.4 Å². The van der Waals surface area contributed by atoms with Crippen molar-refractivity contribution in [2.24, 2.45) is 0 Å². The van der Waals surface area contributed by atoms with Gasteiger partial charge in [-0.3, -0.25) is 4.98 Å². The Labute approximate surface area is 78.1 Å². The zero-order chi connectivity index (χ0) is 8.97. The summed E-state index contributed by atoms with van der Waals surface area (Å²) in [6, 6.07) is 1.95. The van der Waals surface area contributed by atoms with Gasteiger partial charge in [-0.15, -0.1) is 0 Å². The Kier molecular flexibility index (Phi) is 3.30. The molecule has 1 rings (SSSR count). The van der Waals surface area contributed by atoms with Gasteiger partial charge in [0.25, 0.3) is 0 Å². The predicted molar refractivity (Wildman–Crippen MR) is 52.4 cm³/mol. The van der Waals surface area contributed by atoms with Crippen LogP contribution in [-0.2, 0) is 6.42 Å². The molecule has 0 saturated carbocycles. The number of hydrogen-bond donors (Lipinski definition) is 0. The highest BCUT2D eigenvalue weighted by Gasteiger charge is 1.95. The molecule has 0 amide bonds. The number of halogens is 1. The van der Waals surface area contributed by atoms with E-state index in [-0.39, 0.29) is 0 Å². The van der Waals surface area contributed by atoms with E-state index < -0.39 is 0 Å². The van der Waals surface area contributed by atoms with Crippen LogP contribution in [0.25, 0.3) is 0 Å². The SMILES string of the molecule is CC=C(C)Cc1cncc(Cl)c1. The largest absolute Gasteiger partial charge is 0.263 e. The second-order valence-electron chi connectivity index (χ2n) is 2.82. The summed E-state index contributed by atoms with van der Waals surface area (Å²) in [4.78, 5) is 4.01. The van der Waals surface area contributed by atoms with Crippen molar-refractivity contribution < 1.29 is 0 Å². The molecular weight excluding hydrogens is 170 g/mol. The molecular formula is C10H12ClN. The van der Waals surface area contributed by atoms with E-state index in [0.717, 1.165) is 12.0 Å². The Hall–Kier alpha value is -0.820. The van der Waals surface area contributed by atoms with Crippen LogP contribution in [-0.4, -0.2) is 4.98 Å². The van der Waals surface area contributed by atoms with Crippen molar-refractivity contribution in [3.8, 4) is 0 Å². The second kappa shape index (κ2) is 4.27. The number of pyridine rings is 1. The Morgan fingerprint density at radius 1 is 1.58 bits per heavy atom. The van der Waals surface area contributed by atoms with E-state index in [2.05, 4.69) is 18.0 Å². The highest BCUT2D eigenvalue weighted by atomic mass is 35.5. The molecule has 1 heterocycles. The van der Waals surface area contributed by atoms with E-state index in [1.54, 1.807) is 6.20 Å². The Morgan fingerprint density at radius 2 is 2.33 bits per heavy atom. The molecule has 0 radical (unpaired) electrons. The van der Waals surface area contributed by atoms with Crippen LogP contribution in [0, 0.1) is 0 Å². The zero-order valence-electron chi connectivity index (χ0n) is 7.34. The van der Waals surface area contributed by atoms with Crippen molar-refractivity contribution in [3.05, 3.63) is 40.7 Å². The highest BCUT2D eigenvalue weighted by Crippen LogP contribution is 2.11. The molecule has 1 aromatic heterocycles. The van der Waals surface area contributed by atoms with Gasteiger partial charge < -0.3 is 0 Å². The molecule has 12 heavy (non-hydrogen) atoms. The van der Waals surface area contributed by atoms with Crippen LogP contribution in [0.2, 0.25) is 5.02 Å². The van der Waals surface area contributed by atoms with Gasteiger partial charge in [0.2, 0.25) is 0 Å². The molecule has 2 heteroatoms. The molecule has 1 aromatic rings. The number of allylic oxidation sites excluding steroid dienone is 2. The lowest BCUT2D eigenvalue weighted by Crippen LogP contribution is -1.87. The quantitative estimate of drug-likeness (QED) is 0.639. The van der Waals surface area contributed by atoms with Crippen molar-refractivity contribution in [1.29, 1.82) is 0 Å². The minimum absolute atomic E-state index is 0.705. The average Bonchev–Trinajstić information content (AvgIpc) is 2.04. The molecule has 0 aromatic carbocycles. The number of rotatable bonds is 2. The van der Waals surface area contributed by atoms with Crippen molar-refractivity contribution in [1.82, 2.24) is 4.98 Å². The zero-order valence-corrected chi connectivity index (χ0v) is 8.10. The molecule has 0 aliphatic rings. The molecule has 0 aliphatic carbocycles. The first-order valence-corrected chi connectivity index (χ1v) is 4.31. The average molecular weight is 182 g/mol. The first-order chi connectivity index (χ1) is 5.72. The Balaban J connectivity index is 2.76. The first kappa shape index (κ1) is 9.27. The lowest BCUT2D eigenvalue weighted by molar-refractivity contribution is 1.10. The van der Waals surface area contributed by atoms with Crippen molar-refractivity contribution in [2.75, 3.05) is 0 Å². The fourth-order valence-corrected chi connectivity index (χ4v) is 1.17. The molecule has 0 spiro atoms. The minimum Gasteiger partial charge on any atom is -0.263 e. The van der Waals surface area contributed by atoms with Crippen LogP contribution >= 0.6 is 11.6 Å². The molecule has 0 unspecified atom stereocenters. The van der Waals surface area contributed by atoms with Crippen LogP contribution in [0.15, 0.2) is 30.1 Å². The van der Waals surface area contributed by atoms with E-state index in [1.165, 1.54) is 5.57 Å². The summed E-state index contributed by atoms with van der Waals surface area (Å²) in [6.45, 7) is 4.13. The van der Waals surface area contributed by atoms with Crippen LogP contribution in [0.4, 0.5) is 0 Å². The molecule has 64 valence electrons. The first-order valence-electron chi connectivity index (χ1n) is 3.93. The maximum atomic E-state index is 5.79. The predicted octanol–water partition coefficient (Wildman–Crippen LogP) is 3.24. The third-order valence-electron chi connectivity index (χ3n) is 1.74. The van der Waals surface area contributed by atoms with Crippen molar-refractivity contribution in [3.63, 3.8) is 0 Å². The van der Waals surface area contributed by atoms with Gasteiger partial charge in [0.05, 0.1) is 5.02 Å². The van der Waals surface area contributed by atoms with Gasteiger partial charge in [0.1, 0.15) is 0 Å². The van der Waals surface area contributed by atoms with E-state index >= 15 is 0 Å². The van der Waals surface area contributed by atoms with Gasteiger partial charge in [-0.25, -0.2) is 0 Å². The lowest BCUT2D eigenvalue weighted by Gasteiger charge is -2.00. The van der Waals surface area contributed by atoms with Crippen LogP contribution in [0.5, 0.6) is 0 Å². The van der Waals surface area contributed by atoms with Crippen LogP contribution in [0.3, 0.4) is 0 Å². The van der Waals surface area contributed by atoms with Crippen molar-refractivity contribution in [2.45, 2.75) is 20.3 Å². The lowest BCUT2D eigenvalue weighted by atomic mass is 10.1. The van der Waals surface area contributed by atoms with Gasteiger partial charge in [-0.1, -0.05) is 23.3 Å². The summed E-state index contributed by atoms with van der Waals surface area (Å²) in [6.07, 6.45) is 6.53. The fourth-order valence-electron chi connectivity index (χ4n) is 0.977. The summed E-state index contributed by atoms with van der Waals surface area (Å²) < 4.78 is 0. The third-order valence-corrected chi connectivity index (χ3v) is 1.94. The monoisotopic (exact) mass is 181 g/mol. The molecule has 0 N–H and O–H groups in total. The molecule has 0 saturated heterocycles. The summed E-state index contributed by atoms with van der Waals surface area (Å²) in [7, 11) is 0. The highest BCUT2D eigenvalue weighted by molar-refractivity contribution is 6.30. The number of hydrogen-bond acceptors (Lipinski definition) is 1. The summed E-state index contributed by atoms with van der Waals surface area (Å²) >= 11 is 5.79. The standard InChI is InChI=1S/C10H12ClN/c1-3-8(2)4-9-5-10(11)7-12-6-9/h3,5-7H,4H2,1-2H3. The second-order valence-corrected chi connectivity index (χ2v) is 3.26. The number of aromatic nitrogens is 1. The summed E-state index contributed by atoms with van der Waals surface area (Å²) in [5, 5.41) is 0.705. The van der Waals surface area contributed by atoms with E-state index in [1.807, 2.05) is 19.2 Å². The maximum Gasteiger partial charge on any atom is 0.0592 e. The Morgan fingerprint density at radius 3 is 2.92 bits per heavy atom. The third kappa shape index (κ3) is 2.67. The molecule has 0 bridgehead atoms. The summed E-state index contributed by atoms with van der Waals surface area (Å²) in [5.41, 5.74) is 2.50. The van der Waals surface area contributed by atoms with E-state index in [4.69, 9.17) is 11.6 Å². The number of nitrogens with zero attached hydrogens (tertiary/aromatic N) is 1. The van der Waals surface area contributed by atoms with Crippen LogP contribution in [0.1, 0.15) is 19.4 Å². The van der Waals surface area contributed by atoms with Gasteiger partial charge in [-0.05, 0) is 31.9 Å². The minimum atomic E-state index is 0.705. The topological polar surface area (TPSA) is 12.9 Å². The maximum absolute atomic E-state index is 5.79. The normalized spacial score (nSPS) is 11.8. The van der Waals surface area contributed by atoms with Crippen molar-refractivity contribution >= 4 is 11.6 Å². The van der Waals surface area contributed by atoms with E-state index in [9.17, 15) is 0 Å². The smallest absolute Gasteiger partial charge is 0.0592 e. The molecule has 0 aliphatic heterocycles. The molecule has 0 atom stereocenters. The van der Waals surface area contributed by atoms with Gasteiger partial charge in [0.15, 0.2) is 0 Å². The Bertz CT molecular complexity index is 292. The molecule has 1 nitrogen and oxygen atoms in total. The van der Waals surface area contributed by atoms with Crippen LogP contribution < -0.4 is 0 Å². The molecule has 0 fully saturated rings. The summed E-state index contributed by atoms with van der Waals surface area (Å²) in [5.74, 6) is 0. The van der Waals surface area contributed by atoms with E-state index in [0.29, 0.717) is 5.02 Å². The van der Waals surface area contributed by atoms with Gasteiger partial charge >= 0.3 is 0 Å². The fraction of sp³-hybridized carbons (Fsp3) is 0.300. The van der Waals surface area contributed by atoms with Gasteiger partial charge in [-0.2, -0.15) is 0 Å².